The van der Waals surface area contributed by atoms with E-state index in [4.69, 9.17) is 4.74 Å². The van der Waals surface area contributed by atoms with E-state index in [1.165, 1.54) is 12.5 Å². The van der Waals surface area contributed by atoms with E-state index in [1.54, 1.807) is 0 Å². The van der Waals surface area contributed by atoms with Crippen molar-refractivity contribution in [1.29, 1.82) is 0 Å². The minimum absolute atomic E-state index is 0.171. The summed E-state index contributed by atoms with van der Waals surface area (Å²) in [5.41, 5.74) is 1.19. The second-order valence-corrected chi connectivity index (χ2v) is 4.85. The molecule has 1 unspecified atom stereocenters. The molecule has 0 bridgehead atoms. The van der Waals surface area contributed by atoms with Crippen LogP contribution in [0.4, 0.5) is 0 Å². The molecule has 1 aromatic carbocycles. The topological polar surface area (TPSA) is 26.3 Å². The van der Waals surface area contributed by atoms with E-state index in [9.17, 15) is 4.79 Å². The van der Waals surface area contributed by atoms with Gasteiger partial charge in [0.2, 0.25) is 0 Å². The summed E-state index contributed by atoms with van der Waals surface area (Å²) in [6.07, 6.45) is 0. The summed E-state index contributed by atoms with van der Waals surface area (Å²) in [7, 11) is 6.30. The van der Waals surface area contributed by atoms with Crippen LogP contribution in [0.15, 0.2) is 30.3 Å². The lowest BCUT2D eigenvalue weighted by Crippen LogP contribution is -2.41. The molecular weight excluding hydrogens is 202 g/mol. The number of quaternary nitrogens is 1. The van der Waals surface area contributed by atoms with Crippen LogP contribution in [-0.4, -0.2) is 38.2 Å². The van der Waals surface area contributed by atoms with Crippen molar-refractivity contribution in [3.8, 4) is 0 Å². The van der Waals surface area contributed by atoms with Crippen molar-refractivity contribution in [2.24, 2.45) is 0 Å². The molecule has 0 radical (unpaired) electrons. The summed E-state index contributed by atoms with van der Waals surface area (Å²) in [6, 6.07) is 10.3. The quantitative estimate of drug-likeness (QED) is 0.575. The zero-order valence-electron chi connectivity index (χ0n) is 10.4. The Morgan fingerprint density at radius 3 is 2.25 bits per heavy atom. The molecule has 0 fully saturated rings. The molecule has 0 N–H and O–H groups in total. The SMILES string of the molecule is CC(=O)OCC(c1ccccc1)[N+](C)(C)C. The van der Waals surface area contributed by atoms with Gasteiger partial charge in [-0.1, -0.05) is 30.3 Å². The highest BCUT2D eigenvalue weighted by Crippen LogP contribution is 2.23. The van der Waals surface area contributed by atoms with Gasteiger partial charge in [0.25, 0.3) is 0 Å². The average Bonchev–Trinajstić information content (AvgIpc) is 2.17. The zero-order chi connectivity index (χ0) is 12.2. The third kappa shape index (κ3) is 3.66. The summed E-state index contributed by atoms with van der Waals surface area (Å²) in [5.74, 6) is -0.227. The van der Waals surface area contributed by atoms with Crippen molar-refractivity contribution in [2.75, 3.05) is 27.7 Å². The van der Waals surface area contributed by atoms with E-state index in [1.807, 2.05) is 18.2 Å². The van der Waals surface area contributed by atoms with Crippen LogP contribution in [0.3, 0.4) is 0 Å². The molecule has 0 aliphatic carbocycles. The van der Waals surface area contributed by atoms with Crippen LogP contribution in [0, 0.1) is 0 Å². The lowest BCUT2D eigenvalue weighted by molar-refractivity contribution is -0.902. The molecule has 1 atom stereocenters. The number of carbonyl (C=O) groups excluding carboxylic acids is 1. The Balaban J connectivity index is 2.84. The number of carbonyl (C=O) groups is 1. The molecule has 3 nitrogen and oxygen atoms in total. The molecule has 0 aromatic heterocycles. The van der Waals surface area contributed by atoms with E-state index >= 15 is 0 Å². The number of nitrogens with zero attached hydrogens (tertiary/aromatic N) is 1. The minimum Gasteiger partial charge on any atom is -0.459 e. The lowest BCUT2D eigenvalue weighted by atomic mass is 10.1. The zero-order valence-corrected chi connectivity index (χ0v) is 10.4. The highest BCUT2D eigenvalue weighted by molar-refractivity contribution is 5.65. The highest BCUT2D eigenvalue weighted by Gasteiger charge is 2.26. The fourth-order valence-corrected chi connectivity index (χ4v) is 1.64. The number of hydrogen-bond donors (Lipinski definition) is 0. The molecule has 0 aliphatic rings. The number of benzene rings is 1. The van der Waals surface area contributed by atoms with E-state index in [2.05, 4.69) is 33.3 Å². The molecule has 0 saturated heterocycles. The maximum atomic E-state index is 10.9. The van der Waals surface area contributed by atoms with Crippen LogP contribution in [0.1, 0.15) is 18.5 Å². The Labute approximate surface area is 97.2 Å². The normalized spacial score (nSPS) is 13.2. The van der Waals surface area contributed by atoms with Gasteiger partial charge < -0.3 is 9.22 Å². The van der Waals surface area contributed by atoms with Crippen molar-refractivity contribution < 1.29 is 14.0 Å². The Bertz CT molecular complexity index is 341. The van der Waals surface area contributed by atoms with Gasteiger partial charge in [-0.05, 0) is 0 Å². The van der Waals surface area contributed by atoms with Crippen LogP contribution in [0.25, 0.3) is 0 Å². The first-order valence-electron chi connectivity index (χ1n) is 5.40. The number of likely N-dealkylation sites (N-methyl/N-ethyl adjacent to an activating group) is 1. The molecule has 3 heteroatoms. The molecule has 0 heterocycles. The summed E-state index contributed by atoms with van der Waals surface area (Å²) >= 11 is 0. The van der Waals surface area contributed by atoms with E-state index in [-0.39, 0.29) is 12.0 Å². The Morgan fingerprint density at radius 2 is 1.81 bits per heavy atom. The fraction of sp³-hybridized carbons (Fsp3) is 0.462. The molecule has 0 saturated carbocycles. The molecule has 0 amide bonds. The number of ether oxygens (including phenoxy) is 1. The van der Waals surface area contributed by atoms with Gasteiger partial charge in [-0.15, -0.1) is 0 Å². The second kappa shape index (κ2) is 5.12. The van der Waals surface area contributed by atoms with E-state index in [0.717, 1.165) is 4.48 Å². The Kier molecular flexibility index (Phi) is 4.07. The summed E-state index contributed by atoms with van der Waals surface area (Å²) < 4.78 is 5.86. The first-order valence-corrected chi connectivity index (χ1v) is 5.40. The summed E-state index contributed by atoms with van der Waals surface area (Å²) in [4.78, 5) is 10.9. The molecule has 16 heavy (non-hydrogen) atoms. The molecule has 0 spiro atoms. The highest BCUT2D eigenvalue weighted by atomic mass is 16.5. The van der Waals surface area contributed by atoms with E-state index < -0.39 is 0 Å². The van der Waals surface area contributed by atoms with Crippen molar-refractivity contribution >= 4 is 5.97 Å². The van der Waals surface area contributed by atoms with Gasteiger partial charge in [-0.25, -0.2) is 0 Å². The van der Waals surface area contributed by atoms with Crippen molar-refractivity contribution in [3.63, 3.8) is 0 Å². The van der Waals surface area contributed by atoms with Crippen molar-refractivity contribution in [2.45, 2.75) is 13.0 Å². The third-order valence-corrected chi connectivity index (χ3v) is 2.56. The monoisotopic (exact) mass is 222 g/mol. The van der Waals surface area contributed by atoms with Gasteiger partial charge in [0.1, 0.15) is 12.6 Å². The van der Waals surface area contributed by atoms with Gasteiger partial charge in [0.05, 0.1) is 21.1 Å². The van der Waals surface area contributed by atoms with Crippen LogP contribution < -0.4 is 0 Å². The van der Waals surface area contributed by atoms with E-state index in [0.29, 0.717) is 6.61 Å². The number of esters is 1. The Morgan fingerprint density at radius 1 is 1.25 bits per heavy atom. The third-order valence-electron chi connectivity index (χ3n) is 2.56. The first-order chi connectivity index (χ1) is 7.41. The predicted molar refractivity (Wildman–Crippen MR) is 63.8 cm³/mol. The maximum absolute atomic E-state index is 10.9. The van der Waals surface area contributed by atoms with Gasteiger partial charge in [0, 0.05) is 12.5 Å². The van der Waals surface area contributed by atoms with Crippen LogP contribution in [-0.2, 0) is 9.53 Å². The smallest absolute Gasteiger partial charge is 0.302 e. The van der Waals surface area contributed by atoms with Gasteiger partial charge in [-0.3, -0.25) is 4.79 Å². The second-order valence-electron chi connectivity index (χ2n) is 4.85. The molecule has 0 aliphatic heterocycles. The average molecular weight is 222 g/mol. The molecular formula is C13H20NO2+. The minimum atomic E-state index is -0.227. The van der Waals surface area contributed by atoms with Crippen molar-refractivity contribution in [1.82, 2.24) is 0 Å². The molecule has 1 rings (SSSR count). The van der Waals surface area contributed by atoms with Gasteiger partial charge in [0.15, 0.2) is 0 Å². The fourth-order valence-electron chi connectivity index (χ4n) is 1.64. The molecule has 88 valence electrons. The number of hydrogen-bond acceptors (Lipinski definition) is 2. The van der Waals surface area contributed by atoms with Crippen LogP contribution in [0.5, 0.6) is 0 Å². The van der Waals surface area contributed by atoms with Crippen LogP contribution in [0.2, 0.25) is 0 Å². The summed E-state index contributed by atoms with van der Waals surface area (Å²) in [5, 5.41) is 0. The van der Waals surface area contributed by atoms with Crippen molar-refractivity contribution in [3.05, 3.63) is 35.9 Å². The molecule has 1 aromatic rings. The predicted octanol–water partition coefficient (Wildman–Crippen LogP) is 2.00. The summed E-state index contributed by atoms with van der Waals surface area (Å²) in [6.45, 7) is 1.86. The van der Waals surface area contributed by atoms with Gasteiger partial charge >= 0.3 is 5.97 Å². The number of rotatable bonds is 4. The Hall–Kier alpha value is -1.35. The van der Waals surface area contributed by atoms with Crippen LogP contribution >= 0.6 is 0 Å². The standard InChI is InChI=1S/C13H20NO2/c1-11(15)16-10-13(14(2,3)4)12-8-6-5-7-9-12/h5-9,13H,10H2,1-4H3/q+1. The lowest BCUT2D eigenvalue weighted by Gasteiger charge is -2.33. The largest absolute Gasteiger partial charge is 0.459 e. The maximum Gasteiger partial charge on any atom is 0.302 e. The first kappa shape index (κ1) is 12.7. The van der Waals surface area contributed by atoms with Gasteiger partial charge in [-0.2, -0.15) is 0 Å².